The molecule has 0 spiro atoms. The Balaban J connectivity index is 1.87. The van der Waals surface area contributed by atoms with Crippen LogP contribution in [0.4, 0.5) is 0 Å². The number of aromatic nitrogens is 3. The molecule has 6 nitrogen and oxygen atoms in total. The van der Waals surface area contributed by atoms with Gasteiger partial charge in [-0.3, -0.25) is 4.79 Å². The first-order valence-electron chi connectivity index (χ1n) is 9.56. The van der Waals surface area contributed by atoms with Crippen LogP contribution in [-0.4, -0.2) is 33.7 Å². The molecule has 0 unspecified atom stereocenters. The smallest absolute Gasteiger partial charge is 0.270 e. The molecule has 2 heterocycles. The van der Waals surface area contributed by atoms with E-state index in [9.17, 15) is 4.79 Å². The number of nitrogens with one attached hydrogen (secondary N) is 1. The van der Waals surface area contributed by atoms with Crippen molar-refractivity contribution in [1.82, 2.24) is 19.9 Å². The number of fused-ring (bicyclic) bond motifs is 1. The fourth-order valence-corrected chi connectivity index (χ4v) is 3.27. The summed E-state index contributed by atoms with van der Waals surface area (Å²) in [6.45, 7) is 3.84. The quantitative estimate of drug-likeness (QED) is 0.500. The van der Waals surface area contributed by atoms with Crippen molar-refractivity contribution in [1.29, 1.82) is 0 Å². The number of methoxy groups -OCH3 is 1. The van der Waals surface area contributed by atoms with Crippen molar-refractivity contribution in [2.45, 2.75) is 19.9 Å². The van der Waals surface area contributed by atoms with Crippen LogP contribution in [0.25, 0.3) is 28.2 Å². The van der Waals surface area contributed by atoms with E-state index >= 15 is 0 Å². The minimum atomic E-state index is -0.210. The molecule has 1 amide bonds. The lowest BCUT2D eigenvalue weighted by Gasteiger charge is -2.11. The first-order valence-corrected chi connectivity index (χ1v) is 9.94. The number of benzene rings is 2. The van der Waals surface area contributed by atoms with Gasteiger partial charge in [0.1, 0.15) is 11.4 Å². The Morgan fingerprint density at radius 1 is 1.00 bits per heavy atom. The first-order chi connectivity index (χ1) is 14.4. The van der Waals surface area contributed by atoms with E-state index in [1.165, 1.54) is 0 Å². The number of hydrogen-bond acceptors (Lipinski definition) is 4. The number of carbonyl (C=O) groups excluding carboxylic acids is 1. The zero-order valence-corrected chi connectivity index (χ0v) is 17.6. The number of halogens is 1. The standard InChI is InChI=1S/C23H21ClN4O2/c1-14(2)25-23(29)21-12-19(15-6-10-18(30-3)11-7-15)26-22-13-20(27-28(21)22)16-4-8-17(24)9-5-16/h4-14H,1-3H3,(H,25,29). The summed E-state index contributed by atoms with van der Waals surface area (Å²) in [4.78, 5) is 17.6. The van der Waals surface area contributed by atoms with E-state index in [1.54, 1.807) is 17.7 Å². The Hall–Kier alpha value is -3.38. The third-order valence-electron chi connectivity index (χ3n) is 4.61. The van der Waals surface area contributed by atoms with E-state index in [0.29, 0.717) is 27.8 Å². The van der Waals surface area contributed by atoms with Gasteiger partial charge in [0.05, 0.1) is 18.5 Å². The van der Waals surface area contributed by atoms with Crippen LogP contribution < -0.4 is 10.1 Å². The molecule has 0 bridgehead atoms. The van der Waals surface area contributed by atoms with Gasteiger partial charge in [-0.25, -0.2) is 9.50 Å². The molecule has 2 aromatic carbocycles. The number of amides is 1. The fourth-order valence-electron chi connectivity index (χ4n) is 3.14. The second-order valence-corrected chi connectivity index (χ2v) is 7.63. The lowest BCUT2D eigenvalue weighted by molar-refractivity contribution is 0.0935. The predicted octanol–water partition coefficient (Wildman–Crippen LogP) is 4.86. The van der Waals surface area contributed by atoms with Gasteiger partial charge in [0.15, 0.2) is 5.65 Å². The SMILES string of the molecule is COc1ccc(-c2cc(C(=O)NC(C)C)n3nc(-c4ccc(Cl)cc4)cc3n2)cc1. The minimum Gasteiger partial charge on any atom is -0.497 e. The van der Waals surface area contributed by atoms with Crippen LogP contribution in [0, 0.1) is 0 Å². The molecule has 0 saturated heterocycles. The summed E-state index contributed by atoms with van der Waals surface area (Å²) in [5.74, 6) is 0.546. The van der Waals surface area contributed by atoms with Crippen molar-refractivity contribution < 1.29 is 9.53 Å². The van der Waals surface area contributed by atoms with Crippen molar-refractivity contribution in [3.63, 3.8) is 0 Å². The van der Waals surface area contributed by atoms with Crippen LogP contribution >= 0.6 is 11.6 Å². The van der Waals surface area contributed by atoms with Gasteiger partial charge in [0.2, 0.25) is 0 Å². The molecule has 1 N–H and O–H groups in total. The van der Waals surface area contributed by atoms with E-state index < -0.39 is 0 Å². The number of hydrogen-bond donors (Lipinski definition) is 1. The topological polar surface area (TPSA) is 68.5 Å². The summed E-state index contributed by atoms with van der Waals surface area (Å²) < 4.78 is 6.81. The van der Waals surface area contributed by atoms with Crippen molar-refractivity contribution in [3.8, 4) is 28.3 Å². The summed E-state index contributed by atoms with van der Waals surface area (Å²) >= 11 is 6.00. The lowest BCUT2D eigenvalue weighted by atomic mass is 10.1. The zero-order valence-electron chi connectivity index (χ0n) is 16.9. The predicted molar refractivity (Wildman–Crippen MR) is 118 cm³/mol. The number of rotatable bonds is 5. The number of ether oxygens (including phenoxy) is 1. The van der Waals surface area contributed by atoms with Gasteiger partial charge in [0.25, 0.3) is 5.91 Å². The van der Waals surface area contributed by atoms with Crippen LogP contribution in [-0.2, 0) is 0 Å². The van der Waals surface area contributed by atoms with Gasteiger partial charge in [-0.1, -0.05) is 23.7 Å². The van der Waals surface area contributed by atoms with Crippen molar-refractivity contribution in [2.24, 2.45) is 0 Å². The Bertz CT molecular complexity index is 1200. The maximum Gasteiger partial charge on any atom is 0.270 e. The largest absolute Gasteiger partial charge is 0.497 e. The van der Waals surface area contributed by atoms with Crippen molar-refractivity contribution >= 4 is 23.2 Å². The van der Waals surface area contributed by atoms with Gasteiger partial charge < -0.3 is 10.1 Å². The molecule has 0 radical (unpaired) electrons. The minimum absolute atomic E-state index is 0.00329. The molecule has 2 aromatic heterocycles. The Morgan fingerprint density at radius 2 is 1.63 bits per heavy atom. The van der Waals surface area contributed by atoms with Gasteiger partial charge in [-0.15, -0.1) is 0 Å². The maximum atomic E-state index is 12.9. The molecule has 152 valence electrons. The molecule has 7 heteroatoms. The number of nitrogens with zero attached hydrogens (tertiary/aromatic N) is 3. The van der Waals surface area contributed by atoms with Crippen LogP contribution in [0.3, 0.4) is 0 Å². The van der Waals surface area contributed by atoms with Crippen molar-refractivity contribution in [2.75, 3.05) is 7.11 Å². The van der Waals surface area contributed by atoms with Crippen LogP contribution in [0.5, 0.6) is 5.75 Å². The average molecular weight is 421 g/mol. The summed E-state index contributed by atoms with van der Waals surface area (Å²) in [5, 5.41) is 8.23. The average Bonchev–Trinajstić information content (AvgIpc) is 3.17. The maximum absolute atomic E-state index is 12.9. The van der Waals surface area contributed by atoms with Crippen LogP contribution in [0.2, 0.25) is 5.02 Å². The Labute approximate surface area is 179 Å². The molecule has 0 atom stereocenters. The highest BCUT2D eigenvalue weighted by molar-refractivity contribution is 6.30. The molecule has 0 aliphatic carbocycles. The summed E-state index contributed by atoms with van der Waals surface area (Å²) in [7, 11) is 1.62. The van der Waals surface area contributed by atoms with E-state index in [0.717, 1.165) is 16.9 Å². The molecular formula is C23H21ClN4O2. The molecule has 0 saturated carbocycles. The van der Waals surface area contributed by atoms with E-state index in [4.69, 9.17) is 21.3 Å². The van der Waals surface area contributed by atoms with E-state index in [2.05, 4.69) is 10.4 Å². The Kier molecular flexibility index (Phi) is 5.42. The highest BCUT2D eigenvalue weighted by Crippen LogP contribution is 2.26. The second-order valence-electron chi connectivity index (χ2n) is 7.19. The van der Waals surface area contributed by atoms with Gasteiger partial charge >= 0.3 is 0 Å². The third kappa shape index (κ3) is 4.00. The molecule has 4 rings (SSSR count). The molecule has 0 aliphatic heterocycles. The normalized spacial score (nSPS) is 11.1. The van der Waals surface area contributed by atoms with Gasteiger partial charge in [-0.2, -0.15) is 5.10 Å². The lowest BCUT2D eigenvalue weighted by Crippen LogP contribution is -2.31. The fraction of sp³-hybridized carbons (Fsp3) is 0.174. The summed E-state index contributed by atoms with van der Waals surface area (Å²) in [5.41, 5.74) is 4.17. The molecular weight excluding hydrogens is 400 g/mol. The second kappa shape index (κ2) is 8.16. The van der Waals surface area contributed by atoms with Crippen molar-refractivity contribution in [3.05, 3.63) is 71.4 Å². The van der Waals surface area contributed by atoms with E-state index in [-0.39, 0.29) is 11.9 Å². The van der Waals surface area contributed by atoms with Crippen LogP contribution in [0.1, 0.15) is 24.3 Å². The monoisotopic (exact) mass is 420 g/mol. The highest BCUT2D eigenvalue weighted by atomic mass is 35.5. The molecule has 30 heavy (non-hydrogen) atoms. The first kappa shape index (κ1) is 19.9. The summed E-state index contributed by atoms with van der Waals surface area (Å²) in [6, 6.07) is 18.6. The third-order valence-corrected chi connectivity index (χ3v) is 4.86. The van der Waals surface area contributed by atoms with E-state index in [1.807, 2.05) is 68.4 Å². The number of carbonyl (C=O) groups is 1. The van der Waals surface area contributed by atoms with Crippen LogP contribution in [0.15, 0.2) is 60.7 Å². The zero-order chi connectivity index (χ0) is 21.3. The molecule has 4 aromatic rings. The Morgan fingerprint density at radius 3 is 2.27 bits per heavy atom. The molecule has 0 aliphatic rings. The summed E-state index contributed by atoms with van der Waals surface area (Å²) in [6.07, 6.45) is 0. The van der Waals surface area contributed by atoms with Gasteiger partial charge in [0, 0.05) is 28.3 Å². The molecule has 0 fully saturated rings. The highest BCUT2D eigenvalue weighted by Gasteiger charge is 2.18. The van der Waals surface area contributed by atoms with Gasteiger partial charge in [-0.05, 0) is 56.3 Å².